The smallest absolute Gasteiger partial charge is 0.324 e. The molecule has 0 aliphatic carbocycles. The number of ether oxygens (including phenoxy) is 1. The number of hydrogen-bond acceptors (Lipinski definition) is 3. The molecule has 0 aromatic heterocycles. The molecule has 0 saturated heterocycles. The number of carbonyl (C=O) groups excluding carboxylic acids is 1. The fourth-order valence-corrected chi connectivity index (χ4v) is 1.35. The number of halogens is 4. The van der Waals surface area contributed by atoms with Gasteiger partial charge in [0, 0.05) is 5.56 Å². The highest BCUT2D eigenvalue weighted by Gasteiger charge is 2.40. The molecular formula is C12H12F4N2O2S. The van der Waals surface area contributed by atoms with E-state index in [2.05, 4.69) is 0 Å². The van der Waals surface area contributed by atoms with E-state index < -0.39 is 31.4 Å². The van der Waals surface area contributed by atoms with Gasteiger partial charge in [0.2, 0.25) is 0 Å². The molecule has 0 fully saturated rings. The zero-order valence-electron chi connectivity index (χ0n) is 10.6. The molecule has 1 amide bonds. The Morgan fingerprint density at radius 2 is 1.90 bits per heavy atom. The third-order valence-corrected chi connectivity index (χ3v) is 2.58. The van der Waals surface area contributed by atoms with Crippen molar-refractivity contribution in [2.24, 2.45) is 5.73 Å². The molecule has 9 heteroatoms. The van der Waals surface area contributed by atoms with Gasteiger partial charge in [0.05, 0.1) is 6.54 Å². The predicted octanol–water partition coefficient (Wildman–Crippen LogP) is 1.72. The van der Waals surface area contributed by atoms with Crippen LogP contribution >= 0.6 is 12.2 Å². The zero-order valence-corrected chi connectivity index (χ0v) is 11.4. The summed E-state index contributed by atoms with van der Waals surface area (Å²) < 4.78 is 53.8. The van der Waals surface area contributed by atoms with E-state index in [1.165, 1.54) is 12.1 Å². The number of amides is 1. The zero-order chi connectivity index (χ0) is 16.0. The third kappa shape index (κ3) is 5.54. The van der Waals surface area contributed by atoms with Crippen LogP contribution in [0.4, 0.5) is 17.6 Å². The fraction of sp³-hybridized carbons (Fsp3) is 0.333. The van der Waals surface area contributed by atoms with Crippen LogP contribution in [0.5, 0.6) is 5.75 Å². The molecule has 0 bridgehead atoms. The van der Waals surface area contributed by atoms with Crippen molar-refractivity contribution in [1.29, 1.82) is 0 Å². The predicted molar refractivity (Wildman–Crippen MR) is 71.8 cm³/mol. The van der Waals surface area contributed by atoms with E-state index in [1.807, 2.05) is 0 Å². The van der Waals surface area contributed by atoms with Crippen LogP contribution in [0.3, 0.4) is 0 Å². The summed E-state index contributed by atoms with van der Waals surface area (Å²) in [6.07, 6.45) is -3.84. The molecule has 0 saturated carbocycles. The van der Waals surface area contributed by atoms with E-state index in [1.54, 1.807) is 17.4 Å². The van der Waals surface area contributed by atoms with Crippen molar-refractivity contribution in [3.05, 3.63) is 29.8 Å². The number of benzene rings is 1. The second-order valence-electron chi connectivity index (χ2n) is 4.02. The van der Waals surface area contributed by atoms with Crippen molar-refractivity contribution in [2.75, 3.05) is 13.2 Å². The van der Waals surface area contributed by atoms with Crippen molar-refractivity contribution in [3.63, 3.8) is 0 Å². The minimum Gasteiger partial charge on any atom is -0.484 e. The maximum absolute atomic E-state index is 12.6. The monoisotopic (exact) mass is 324 g/mol. The molecule has 21 heavy (non-hydrogen) atoms. The molecule has 0 heterocycles. The van der Waals surface area contributed by atoms with Crippen molar-refractivity contribution < 1.29 is 27.1 Å². The number of alkyl halides is 4. The molecule has 0 unspecified atom stereocenters. The van der Waals surface area contributed by atoms with Crippen LogP contribution in [-0.2, 0) is 4.79 Å². The lowest BCUT2D eigenvalue weighted by Gasteiger charge is -2.15. The Labute approximate surface area is 123 Å². The van der Waals surface area contributed by atoms with Crippen LogP contribution in [0.15, 0.2) is 24.3 Å². The van der Waals surface area contributed by atoms with Crippen LogP contribution in [0.1, 0.15) is 5.56 Å². The summed E-state index contributed by atoms with van der Waals surface area (Å²) in [5.74, 6) is -4.92. The first-order chi connectivity index (χ1) is 9.72. The van der Waals surface area contributed by atoms with Gasteiger partial charge in [-0.15, -0.1) is 0 Å². The molecule has 0 atom stereocenters. The summed E-state index contributed by atoms with van der Waals surface area (Å²) in [5, 5.41) is 1.67. The van der Waals surface area contributed by atoms with E-state index in [0.29, 0.717) is 5.56 Å². The molecule has 1 aromatic carbocycles. The lowest BCUT2D eigenvalue weighted by Crippen LogP contribution is -2.42. The van der Waals surface area contributed by atoms with Crippen molar-refractivity contribution in [3.8, 4) is 5.75 Å². The summed E-state index contributed by atoms with van der Waals surface area (Å²) in [6.45, 7) is -2.03. The van der Waals surface area contributed by atoms with Gasteiger partial charge in [-0.3, -0.25) is 4.79 Å². The maximum atomic E-state index is 12.6. The Hall–Kier alpha value is -1.90. The lowest BCUT2D eigenvalue weighted by atomic mass is 10.2. The minimum absolute atomic E-state index is 0.188. The van der Waals surface area contributed by atoms with Crippen LogP contribution in [0.25, 0.3) is 0 Å². The Morgan fingerprint density at radius 1 is 1.33 bits per heavy atom. The van der Waals surface area contributed by atoms with Gasteiger partial charge in [-0.2, -0.15) is 8.78 Å². The summed E-state index contributed by atoms with van der Waals surface area (Å²) in [6, 6.07) is 6.08. The number of thiocarbonyl (C=S) groups is 1. The van der Waals surface area contributed by atoms with Gasteiger partial charge in [-0.05, 0) is 24.3 Å². The molecule has 3 N–H and O–H groups in total. The fourth-order valence-electron chi connectivity index (χ4n) is 1.21. The Morgan fingerprint density at radius 3 is 2.38 bits per heavy atom. The van der Waals surface area contributed by atoms with E-state index in [9.17, 15) is 22.4 Å². The van der Waals surface area contributed by atoms with Gasteiger partial charge in [0.25, 0.3) is 5.91 Å². The highest BCUT2D eigenvalue weighted by atomic mass is 32.1. The Bertz CT molecular complexity index is 508. The molecule has 0 radical (unpaired) electrons. The van der Waals surface area contributed by atoms with Crippen LogP contribution in [0.2, 0.25) is 0 Å². The van der Waals surface area contributed by atoms with Crippen LogP contribution in [-0.4, -0.2) is 36.4 Å². The van der Waals surface area contributed by atoms with Crippen LogP contribution in [0, 0.1) is 0 Å². The van der Waals surface area contributed by atoms with Crippen molar-refractivity contribution >= 4 is 23.1 Å². The number of nitrogens with two attached hydrogens (primary N) is 1. The van der Waals surface area contributed by atoms with Gasteiger partial charge in [-0.1, -0.05) is 12.2 Å². The highest BCUT2D eigenvalue weighted by molar-refractivity contribution is 7.80. The Kier molecular flexibility index (Phi) is 5.89. The van der Waals surface area contributed by atoms with Gasteiger partial charge in [0.15, 0.2) is 6.61 Å². The summed E-state index contributed by atoms with van der Waals surface area (Å²) in [5.41, 5.74) is 5.98. The van der Waals surface area contributed by atoms with Crippen molar-refractivity contribution in [2.45, 2.75) is 12.3 Å². The van der Waals surface area contributed by atoms with Gasteiger partial charge < -0.3 is 15.8 Å². The van der Waals surface area contributed by atoms with Gasteiger partial charge in [-0.25, -0.2) is 8.78 Å². The average molecular weight is 324 g/mol. The second kappa shape index (κ2) is 7.21. The van der Waals surface area contributed by atoms with E-state index in [-0.39, 0.29) is 10.7 Å². The standard InChI is InChI=1S/C12H12F4N2O2S/c13-11(14)12(15,16)6-18-9(19)5-20-8-3-1-7(2-4-8)10(17)21/h1-4,11H,5-6H2,(H2,17,21)(H,18,19). The quantitative estimate of drug-likeness (QED) is 0.592. The number of carbonyl (C=O) groups is 1. The first kappa shape index (κ1) is 17.2. The molecule has 0 spiro atoms. The lowest BCUT2D eigenvalue weighted by molar-refractivity contribution is -0.137. The normalized spacial score (nSPS) is 11.3. The Balaban J connectivity index is 2.41. The molecule has 1 aromatic rings. The number of nitrogens with one attached hydrogen (secondary N) is 1. The molecule has 1 rings (SSSR count). The third-order valence-electron chi connectivity index (χ3n) is 2.35. The van der Waals surface area contributed by atoms with Gasteiger partial charge >= 0.3 is 12.3 Å². The first-order valence-corrected chi connectivity index (χ1v) is 6.08. The molecular weight excluding hydrogens is 312 g/mol. The molecule has 0 aliphatic rings. The molecule has 116 valence electrons. The summed E-state index contributed by atoms with van der Waals surface area (Å²) in [4.78, 5) is 11.4. The minimum atomic E-state index is -4.27. The molecule has 4 nitrogen and oxygen atoms in total. The van der Waals surface area contributed by atoms with Gasteiger partial charge in [0.1, 0.15) is 10.7 Å². The largest absolute Gasteiger partial charge is 0.484 e. The van der Waals surface area contributed by atoms with Crippen LogP contribution < -0.4 is 15.8 Å². The second-order valence-corrected chi connectivity index (χ2v) is 4.46. The SMILES string of the molecule is NC(=S)c1ccc(OCC(=O)NCC(F)(F)C(F)F)cc1. The highest BCUT2D eigenvalue weighted by Crippen LogP contribution is 2.21. The van der Waals surface area contributed by atoms with Crippen molar-refractivity contribution in [1.82, 2.24) is 5.32 Å². The summed E-state index contributed by atoms with van der Waals surface area (Å²) >= 11 is 4.74. The summed E-state index contributed by atoms with van der Waals surface area (Å²) in [7, 11) is 0. The topological polar surface area (TPSA) is 64.3 Å². The van der Waals surface area contributed by atoms with E-state index in [4.69, 9.17) is 22.7 Å². The maximum Gasteiger partial charge on any atom is 0.324 e. The molecule has 0 aliphatic heterocycles. The van der Waals surface area contributed by atoms with E-state index in [0.717, 1.165) is 0 Å². The van der Waals surface area contributed by atoms with E-state index >= 15 is 0 Å². The number of hydrogen-bond donors (Lipinski definition) is 2. The number of rotatable bonds is 7. The first-order valence-electron chi connectivity index (χ1n) is 5.67. The average Bonchev–Trinajstić information content (AvgIpc) is 2.43.